The summed E-state index contributed by atoms with van der Waals surface area (Å²) < 4.78 is 13.5. The van der Waals surface area contributed by atoms with Crippen LogP contribution in [0.4, 0.5) is 0 Å². The second-order valence-electron chi connectivity index (χ2n) is 10.0. The van der Waals surface area contributed by atoms with Crippen LogP contribution in [0.1, 0.15) is 17.4 Å². The largest absolute Gasteiger partial charge is 0.378 e. The van der Waals surface area contributed by atoms with Crippen molar-refractivity contribution in [1.29, 1.82) is 0 Å². The highest BCUT2D eigenvalue weighted by Crippen LogP contribution is 2.54. The molecule has 3 fully saturated rings. The number of ether oxygens (including phenoxy) is 2. The Morgan fingerprint density at radius 1 is 1.08 bits per heavy atom. The number of aromatic nitrogens is 4. The molecule has 5 atom stereocenters. The summed E-state index contributed by atoms with van der Waals surface area (Å²) in [6.07, 6.45) is 3.50. The molecule has 2 aromatic carbocycles. The van der Waals surface area contributed by atoms with E-state index in [1.807, 2.05) is 54.6 Å². The molecule has 4 aliphatic heterocycles. The van der Waals surface area contributed by atoms with E-state index in [1.54, 1.807) is 26.6 Å². The smallest absolute Gasteiger partial charge is 0.230 e. The SMILES string of the molecule is O=C([C@@H]1[C@H]2C=C[C@@]3(CN([C@@H](c4ccccc4)c4nnnn4-c4ccc(Cl)cc4)C(=O)[C@@H]13)O2)N1CCOCC1. The van der Waals surface area contributed by atoms with Gasteiger partial charge in [-0.05, 0) is 40.3 Å². The summed E-state index contributed by atoms with van der Waals surface area (Å²) in [7, 11) is 0. The number of carbonyl (C=O) groups is 2. The molecule has 194 valence electrons. The number of fused-ring (bicyclic) bond motifs is 1. The number of carbonyl (C=O) groups excluding carboxylic acids is 2. The average molecular weight is 533 g/mol. The number of tetrazole rings is 1. The van der Waals surface area contributed by atoms with Gasteiger partial charge in [-0.2, -0.15) is 4.68 Å². The zero-order chi connectivity index (χ0) is 25.9. The number of likely N-dealkylation sites (tertiary alicyclic amines) is 1. The molecule has 2 bridgehead atoms. The lowest BCUT2D eigenvalue weighted by atomic mass is 9.76. The number of morpholine rings is 1. The fourth-order valence-corrected chi connectivity index (χ4v) is 6.38. The lowest BCUT2D eigenvalue weighted by Gasteiger charge is -2.33. The first-order valence-corrected chi connectivity index (χ1v) is 13.1. The molecule has 0 unspecified atom stereocenters. The molecule has 0 N–H and O–H groups in total. The van der Waals surface area contributed by atoms with Gasteiger partial charge >= 0.3 is 0 Å². The van der Waals surface area contributed by atoms with E-state index >= 15 is 0 Å². The van der Waals surface area contributed by atoms with Crippen molar-refractivity contribution >= 4 is 23.4 Å². The molecule has 0 radical (unpaired) electrons. The second kappa shape index (κ2) is 9.00. The molecule has 2 amide bonds. The van der Waals surface area contributed by atoms with Gasteiger partial charge < -0.3 is 19.3 Å². The molecule has 38 heavy (non-hydrogen) atoms. The van der Waals surface area contributed by atoms with E-state index in [0.29, 0.717) is 43.7 Å². The van der Waals surface area contributed by atoms with Crippen molar-refractivity contribution in [3.8, 4) is 5.69 Å². The molecule has 5 heterocycles. The minimum Gasteiger partial charge on any atom is -0.378 e. The van der Waals surface area contributed by atoms with Crippen LogP contribution in [0.15, 0.2) is 66.7 Å². The highest BCUT2D eigenvalue weighted by Gasteiger charge is 2.68. The summed E-state index contributed by atoms with van der Waals surface area (Å²) >= 11 is 6.11. The van der Waals surface area contributed by atoms with Gasteiger partial charge in [-0.3, -0.25) is 9.59 Å². The molecule has 1 spiro atoms. The lowest BCUT2D eigenvalue weighted by molar-refractivity contribution is -0.146. The maximum absolute atomic E-state index is 14.3. The number of halogens is 1. The first-order chi connectivity index (χ1) is 18.6. The Hall–Kier alpha value is -3.60. The third-order valence-corrected chi connectivity index (χ3v) is 8.23. The van der Waals surface area contributed by atoms with Crippen LogP contribution in [0.5, 0.6) is 0 Å². The van der Waals surface area contributed by atoms with E-state index < -0.39 is 29.6 Å². The third-order valence-electron chi connectivity index (χ3n) is 7.97. The van der Waals surface area contributed by atoms with Gasteiger partial charge in [0.25, 0.3) is 0 Å². The topological polar surface area (TPSA) is 103 Å². The first kappa shape index (κ1) is 23.5. The Morgan fingerprint density at radius 2 is 1.84 bits per heavy atom. The summed E-state index contributed by atoms with van der Waals surface area (Å²) in [5.74, 6) is -0.883. The Bertz CT molecular complexity index is 1410. The van der Waals surface area contributed by atoms with Gasteiger partial charge in [-0.15, -0.1) is 5.10 Å². The molecule has 4 aliphatic rings. The Labute approximate surface area is 223 Å². The molecule has 3 saturated heterocycles. The van der Waals surface area contributed by atoms with Crippen LogP contribution >= 0.6 is 11.6 Å². The number of hydrogen-bond donors (Lipinski definition) is 0. The van der Waals surface area contributed by atoms with Crippen LogP contribution in [0.25, 0.3) is 5.69 Å². The van der Waals surface area contributed by atoms with Crippen LogP contribution in [-0.4, -0.2) is 86.4 Å². The highest BCUT2D eigenvalue weighted by atomic mass is 35.5. The number of nitrogens with zero attached hydrogens (tertiary/aromatic N) is 6. The summed E-state index contributed by atoms with van der Waals surface area (Å²) in [5, 5.41) is 13.2. The summed E-state index contributed by atoms with van der Waals surface area (Å²) in [5.41, 5.74) is 0.717. The van der Waals surface area contributed by atoms with E-state index in [2.05, 4.69) is 15.5 Å². The highest BCUT2D eigenvalue weighted by molar-refractivity contribution is 6.30. The maximum atomic E-state index is 14.3. The number of rotatable bonds is 5. The van der Waals surface area contributed by atoms with Crippen molar-refractivity contribution in [2.45, 2.75) is 17.7 Å². The maximum Gasteiger partial charge on any atom is 0.230 e. The van der Waals surface area contributed by atoms with E-state index in [4.69, 9.17) is 21.1 Å². The van der Waals surface area contributed by atoms with Crippen molar-refractivity contribution in [3.05, 3.63) is 83.2 Å². The summed E-state index contributed by atoms with van der Waals surface area (Å²) in [6, 6.07) is 16.3. The van der Waals surface area contributed by atoms with Gasteiger partial charge in [0.1, 0.15) is 11.6 Å². The predicted molar refractivity (Wildman–Crippen MR) is 135 cm³/mol. The molecule has 7 rings (SSSR count). The van der Waals surface area contributed by atoms with Crippen LogP contribution in [0.3, 0.4) is 0 Å². The molecule has 11 heteroatoms. The fourth-order valence-electron chi connectivity index (χ4n) is 6.26. The molecule has 10 nitrogen and oxygen atoms in total. The molecule has 1 aromatic heterocycles. The van der Waals surface area contributed by atoms with Gasteiger partial charge in [0, 0.05) is 18.1 Å². The zero-order valence-electron chi connectivity index (χ0n) is 20.4. The fraction of sp³-hybridized carbons (Fsp3) is 0.370. The van der Waals surface area contributed by atoms with Gasteiger partial charge in [0.15, 0.2) is 5.82 Å². The van der Waals surface area contributed by atoms with E-state index in [-0.39, 0.29) is 11.8 Å². The first-order valence-electron chi connectivity index (χ1n) is 12.7. The molecule has 3 aromatic rings. The molecule has 0 saturated carbocycles. The van der Waals surface area contributed by atoms with Crippen molar-refractivity contribution in [2.75, 3.05) is 32.8 Å². The van der Waals surface area contributed by atoms with E-state index in [0.717, 1.165) is 11.3 Å². The van der Waals surface area contributed by atoms with E-state index in [1.165, 1.54) is 0 Å². The van der Waals surface area contributed by atoms with Crippen LogP contribution in [0.2, 0.25) is 5.02 Å². The van der Waals surface area contributed by atoms with Crippen molar-refractivity contribution in [2.24, 2.45) is 11.8 Å². The van der Waals surface area contributed by atoms with Crippen LogP contribution < -0.4 is 0 Å². The van der Waals surface area contributed by atoms with Gasteiger partial charge in [-0.25, -0.2) is 0 Å². The number of hydrogen-bond acceptors (Lipinski definition) is 7. The minimum absolute atomic E-state index is 0.0491. The normalized spacial score (nSPS) is 28.7. The van der Waals surface area contributed by atoms with Crippen molar-refractivity contribution in [3.63, 3.8) is 0 Å². The Balaban J connectivity index is 1.28. The van der Waals surface area contributed by atoms with Gasteiger partial charge in [-0.1, -0.05) is 54.1 Å². The van der Waals surface area contributed by atoms with Crippen LogP contribution in [-0.2, 0) is 19.1 Å². The standard InChI is InChI=1S/C27H25ClN6O4/c28-18-6-8-19(9-7-18)34-24(29-30-31-34)23(17-4-2-1-3-5-17)33-16-27-11-10-20(38-27)21(22(27)26(33)36)25(35)32-12-14-37-15-13-32/h1-11,20-23H,12-16H2/t20-,21-,22-,23+,27+/m1/s1. The monoisotopic (exact) mass is 532 g/mol. The van der Waals surface area contributed by atoms with Crippen LogP contribution in [0, 0.1) is 11.8 Å². The quantitative estimate of drug-likeness (QED) is 0.463. The zero-order valence-corrected chi connectivity index (χ0v) is 21.1. The number of amides is 2. The second-order valence-corrected chi connectivity index (χ2v) is 10.5. The average Bonchev–Trinajstić information content (AvgIpc) is 3.72. The van der Waals surface area contributed by atoms with E-state index in [9.17, 15) is 9.59 Å². The predicted octanol–water partition coefficient (Wildman–Crippen LogP) is 2.05. The molecular weight excluding hydrogens is 508 g/mol. The van der Waals surface area contributed by atoms with Crippen molar-refractivity contribution in [1.82, 2.24) is 30.0 Å². The number of benzene rings is 2. The minimum atomic E-state index is -0.861. The van der Waals surface area contributed by atoms with Gasteiger partial charge in [0.05, 0.1) is 43.4 Å². The third kappa shape index (κ3) is 3.58. The Kier molecular flexibility index (Phi) is 5.57. The summed E-state index contributed by atoms with van der Waals surface area (Å²) in [6.45, 7) is 2.33. The van der Waals surface area contributed by atoms with Crippen molar-refractivity contribution < 1.29 is 19.1 Å². The Morgan fingerprint density at radius 3 is 2.61 bits per heavy atom. The lowest BCUT2D eigenvalue weighted by Crippen LogP contribution is -2.49. The molecular formula is C27H25ClN6O4. The summed E-state index contributed by atoms with van der Waals surface area (Å²) in [4.78, 5) is 31.5. The van der Waals surface area contributed by atoms with Gasteiger partial charge in [0.2, 0.25) is 11.8 Å². The molecule has 0 aliphatic carbocycles.